The number of hydrogen-bond acceptors (Lipinski definition) is 1. The molecule has 0 aliphatic carbocycles. The van der Waals surface area contributed by atoms with E-state index in [2.05, 4.69) is 4.98 Å². The first-order chi connectivity index (χ1) is 6.23. The van der Waals surface area contributed by atoms with Crippen molar-refractivity contribution in [1.29, 1.82) is 0 Å². The molecule has 1 radical (unpaired) electrons. The van der Waals surface area contributed by atoms with Gasteiger partial charge in [0.2, 0.25) is 0 Å². The lowest BCUT2D eigenvalue weighted by Crippen LogP contribution is -2.18. The molecule has 0 N–H and O–H groups in total. The van der Waals surface area contributed by atoms with Crippen molar-refractivity contribution in [2.24, 2.45) is 0 Å². The van der Waals surface area contributed by atoms with E-state index >= 15 is 0 Å². The maximum atomic E-state index is 12.0. The second-order valence-corrected chi connectivity index (χ2v) is 2.33. The van der Waals surface area contributed by atoms with Crippen LogP contribution in [0.2, 0.25) is 0 Å². The predicted octanol–water partition coefficient (Wildman–Crippen LogP) is 2.92. The Kier molecular flexibility index (Phi) is 2.43. The zero-order chi connectivity index (χ0) is 11.0. The largest absolute Gasteiger partial charge is 0.433 e. The lowest BCUT2D eigenvalue weighted by Gasteiger charge is -2.12. The zero-order valence-electron chi connectivity index (χ0n) is 6.37. The highest BCUT2D eigenvalue weighted by Gasteiger charge is 2.44. The van der Waals surface area contributed by atoms with Gasteiger partial charge in [-0.15, -0.1) is 0 Å². The second kappa shape index (κ2) is 3.14. The summed E-state index contributed by atoms with van der Waals surface area (Å²) in [5.41, 5.74) is -3.77. The molecule has 0 amide bonds. The van der Waals surface area contributed by atoms with Crippen LogP contribution >= 0.6 is 0 Å². The molecule has 0 aromatic carbocycles. The van der Waals surface area contributed by atoms with E-state index in [-0.39, 0.29) is 6.07 Å². The first-order valence-corrected chi connectivity index (χ1v) is 3.23. The van der Waals surface area contributed by atoms with Gasteiger partial charge in [0, 0.05) is 12.3 Å². The molecule has 1 aromatic rings. The van der Waals surface area contributed by atoms with Crippen LogP contribution in [0.1, 0.15) is 11.3 Å². The molecule has 0 aliphatic heterocycles. The lowest BCUT2D eigenvalue weighted by molar-refractivity contribution is -0.164. The summed E-state index contributed by atoms with van der Waals surface area (Å²) < 4.78 is 72.1. The topological polar surface area (TPSA) is 12.9 Å². The summed E-state index contributed by atoms with van der Waals surface area (Å²) in [5, 5.41) is 0. The van der Waals surface area contributed by atoms with Crippen LogP contribution in [0.15, 0.2) is 12.3 Å². The Hall–Kier alpha value is -1.27. The van der Waals surface area contributed by atoms with E-state index in [4.69, 9.17) is 0 Å². The maximum Gasteiger partial charge on any atom is 0.433 e. The maximum absolute atomic E-state index is 12.0. The fourth-order valence-electron chi connectivity index (χ4n) is 0.802. The van der Waals surface area contributed by atoms with Gasteiger partial charge in [0.1, 0.15) is 0 Å². The molecule has 1 heterocycles. The van der Waals surface area contributed by atoms with Crippen LogP contribution in [0.5, 0.6) is 0 Å². The Bertz CT molecular complexity index is 293. The van der Waals surface area contributed by atoms with Gasteiger partial charge in [0.25, 0.3) is 0 Å². The summed E-state index contributed by atoms with van der Waals surface area (Å²) in [6.45, 7) is 0. The third-order valence-electron chi connectivity index (χ3n) is 1.32. The fourth-order valence-corrected chi connectivity index (χ4v) is 0.802. The highest BCUT2D eigenvalue weighted by atomic mass is 19.4. The molecule has 0 fully saturated rings. The van der Waals surface area contributed by atoms with Gasteiger partial charge in [-0.1, -0.05) is 0 Å². The average molecular weight is 214 g/mol. The molecule has 0 bridgehead atoms. The molecule has 0 saturated heterocycles. The lowest BCUT2D eigenvalue weighted by atomic mass is 10.2. The van der Waals surface area contributed by atoms with Crippen LogP contribution in [0.4, 0.5) is 26.3 Å². The molecule has 0 unspecified atom stereocenters. The van der Waals surface area contributed by atoms with Gasteiger partial charge in [0.05, 0.1) is 5.56 Å². The quantitative estimate of drug-likeness (QED) is 0.605. The molecule has 77 valence electrons. The van der Waals surface area contributed by atoms with Crippen molar-refractivity contribution >= 4 is 0 Å². The normalized spacial score (nSPS) is 13.0. The van der Waals surface area contributed by atoms with Crippen molar-refractivity contribution in [3.05, 3.63) is 29.6 Å². The van der Waals surface area contributed by atoms with E-state index in [0.717, 1.165) is 0 Å². The Morgan fingerprint density at radius 3 is 1.93 bits per heavy atom. The highest BCUT2D eigenvalue weighted by molar-refractivity contribution is 5.24. The van der Waals surface area contributed by atoms with E-state index in [1.807, 2.05) is 6.07 Å². The minimum atomic E-state index is -5.11. The highest BCUT2D eigenvalue weighted by Crippen LogP contribution is 2.38. The number of rotatable bonds is 0. The SMILES string of the molecule is FC(F)(F)c1c[c]cnc1C(F)(F)F. The van der Waals surface area contributed by atoms with E-state index in [9.17, 15) is 26.3 Å². The number of pyridine rings is 1. The number of halogens is 6. The van der Waals surface area contributed by atoms with Crippen molar-refractivity contribution in [3.63, 3.8) is 0 Å². The first kappa shape index (κ1) is 10.8. The summed E-state index contributed by atoms with van der Waals surface area (Å²) in [6.07, 6.45) is -9.65. The average Bonchev–Trinajstić information content (AvgIpc) is 2.01. The zero-order valence-corrected chi connectivity index (χ0v) is 6.37. The van der Waals surface area contributed by atoms with E-state index in [1.54, 1.807) is 0 Å². The molecule has 1 rings (SSSR count). The van der Waals surface area contributed by atoms with Crippen molar-refractivity contribution in [1.82, 2.24) is 4.98 Å². The van der Waals surface area contributed by atoms with Gasteiger partial charge in [-0.05, 0) is 6.07 Å². The minimum Gasteiger partial charge on any atom is -0.251 e. The molecule has 0 aliphatic rings. The van der Waals surface area contributed by atoms with E-state index in [0.29, 0.717) is 6.20 Å². The Morgan fingerprint density at radius 1 is 1.00 bits per heavy atom. The molecule has 0 atom stereocenters. The van der Waals surface area contributed by atoms with Crippen molar-refractivity contribution < 1.29 is 26.3 Å². The van der Waals surface area contributed by atoms with Crippen LogP contribution in [-0.4, -0.2) is 4.98 Å². The van der Waals surface area contributed by atoms with Gasteiger partial charge in [-0.25, -0.2) is 0 Å². The van der Waals surface area contributed by atoms with Crippen LogP contribution < -0.4 is 0 Å². The molecular weight excluding hydrogens is 212 g/mol. The van der Waals surface area contributed by atoms with Gasteiger partial charge in [-0.2, -0.15) is 26.3 Å². The number of aromatic nitrogens is 1. The van der Waals surface area contributed by atoms with Gasteiger partial charge >= 0.3 is 12.4 Å². The van der Waals surface area contributed by atoms with Crippen LogP contribution in [0, 0.1) is 6.07 Å². The Morgan fingerprint density at radius 2 is 1.57 bits per heavy atom. The monoisotopic (exact) mass is 214 g/mol. The molecule has 7 heteroatoms. The van der Waals surface area contributed by atoms with Crippen LogP contribution in [-0.2, 0) is 12.4 Å². The van der Waals surface area contributed by atoms with E-state index < -0.39 is 23.6 Å². The van der Waals surface area contributed by atoms with Crippen molar-refractivity contribution in [2.45, 2.75) is 12.4 Å². The number of alkyl halides is 6. The summed E-state index contributed by atoms with van der Waals surface area (Å²) >= 11 is 0. The minimum absolute atomic E-state index is 0.218. The molecule has 14 heavy (non-hydrogen) atoms. The Labute approximate surface area is 74.4 Å². The third-order valence-corrected chi connectivity index (χ3v) is 1.32. The Balaban J connectivity index is 3.31. The summed E-state index contributed by atoms with van der Waals surface area (Å²) in [6, 6.07) is 2.07. The fraction of sp³-hybridized carbons (Fsp3) is 0.286. The molecule has 0 saturated carbocycles. The predicted molar refractivity (Wildman–Crippen MR) is 33.1 cm³/mol. The summed E-state index contributed by atoms with van der Waals surface area (Å²) in [7, 11) is 0. The molecule has 1 nitrogen and oxygen atoms in total. The smallest absolute Gasteiger partial charge is 0.251 e. The van der Waals surface area contributed by atoms with Crippen molar-refractivity contribution in [2.75, 3.05) is 0 Å². The molecule has 1 aromatic heterocycles. The van der Waals surface area contributed by atoms with Gasteiger partial charge < -0.3 is 0 Å². The van der Waals surface area contributed by atoms with Crippen LogP contribution in [0.3, 0.4) is 0 Å². The standard InChI is InChI=1S/C7H2F6N/c8-6(9,10)4-2-1-3-14-5(4)7(11,12)13/h2-3H. The molecular formula is C7H2F6N. The summed E-state index contributed by atoms with van der Waals surface area (Å²) in [4.78, 5) is 2.62. The van der Waals surface area contributed by atoms with Gasteiger partial charge in [-0.3, -0.25) is 4.98 Å². The number of hydrogen-bond donors (Lipinski definition) is 0. The van der Waals surface area contributed by atoms with Gasteiger partial charge in [0.15, 0.2) is 5.69 Å². The van der Waals surface area contributed by atoms with Crippen LogP contribution in [0.25, 0.3) is 0 Å². The third kappa shape index (κ3) is 2.15. The summed E-state index contributed by atoms with van der Waals surface area (Å²) in [5.74, 6) is 0. The number of nitrogens with zero attached hydrogens (tertiary/aromatic N) is 1. The second-order valence-electron chi connectivity index (χ2n) is 2.33. The first-order valence-electron chi connectivity index (χ1n) is 3.23. The molecule has 0 spiro atoms. The van der Waals surface area contributed by atoms with E-state index in [1.165, 1.54) is 0 Å². The van der Waals surface area contributed by atoms with Crippen molar-refractivity contribution in [3.8, 4) is 0 Å².